The Morgan fingerprint density at radius 3 is 2.66 bits per heavy atom. The molecule has 0 aliphatic carbocycles. The molecule has 3 aromatic rings. The molecule has 5 nitrogen and oxygen atoms in total. The quantitative estimate of drug-likeness (QED) is 0.637. The number of hydrogen-bond acceptors (Lipinski definition) is 6. The molecule has 0 radical (unpaired) electrons. The molecule has 0 spiro atoms. The summed E-state index contributed by atoms with van der Waals surface area (Å²) in [6.07, 6.45) is 2.78. The van der Waals surface area contributed by atoms with Crippen LogP contribution in [0, 0.1) is 6.92 Å². The predicted molar refractivity (Wildman–Crippen MR) is 122 cm³/mol. The maximum Gasteiger partial charge on any atom is 0.267 e. The lowest BCUT2D eigenvalue weighted by Crippen LogP contribution is -2.34. The molecular formula is C22H24N4OS2. The number of aromatic nitrogens is 2. The van der Waals surface area contributed by atoms with Crippen LogP contribution in [-0.2, 0) is 6.42 Å². The van der Waals surface area contributed by atoms with Crippen LogP contribution in [0.25, 0.3) is 10.7 Å². The van der Waals surface area contributed by atoms with Gasteiger partial charge in [0.15, 0.2) is 0 Å². The highest BCUT2D eigenvalue weighted by atomic mass is 32.2. The molecule has 3 heterocycles. The molecule has 1 fully saturated rings. The monoisotopic (exact) mass is 424 g/mol. The summed E-state index contributed by atoms with van der Waals surface area (Å²) in [6.45, 7) is 5.34. The van der Waals surface area contributed by atoms with Gasteiger partial charge in [-0.25, -0.2) is 4.98 Å². The number of thiazole rings is 1. The van der Waals surface area contributed by atoms with Crippen molar-refractivity contribution < 1.29 is 4.79 Å². The van der Waals surface area contributed by atoms with Crippen molar-refractivity contribution in [2.75, 3.05) is 36.5 Å². The Morgan fingerprint density at radius 2 is 1.93 bits per heavy atom. The van der Waals surface area contributed by atoms with E-state index in [0.29, 0.717) is 4.88 Å². The number of rotatable bonds is 6. The molecule has 1 saturated heterocycles. The van der Waals surface area contributed by atoms with Crippen LogP contribution in [0.3, 0.4) is 0 Å². The molecule has 150 valence electrons. The number of carbonyl (C=O) groups excluding carboxylic acids is 1. The van der Waals surface area contributed by atoms with Crippen molar-refractivity contribution in [3.05, 3.63) is 64.8 Å². The first-order valence-corrected chi connectivity index (χ1v) is 11.8. The number of thioether (sulfide) groups is 1. The Hall–Kier alpha value is -2.22. The smallest absolute Gasteiger partial charge is 0.267 e. The zero-order valence-corrected chi connectivity index (χ0v) is 18.1. The van der Waals surface area contributed by atoms with Gasteiger partial charge in [-0.2, -0.15) is 11.8 Å². The van der Waals surface area contributed by atoms with E-state index in [1.54, 1.807) is 6.20 Å². The van der Waals surface area contributed by atoms with Gasteiger partial charge in [0, 0.05) is 43.0 Å². The minimum atomic E-state index is -0.124. The zero-order valence-electron chi connectivity index (χ0n) is 16.4. The maximum atomic E-state index is 12.7. The Kier molecular flexibility index (Phi) is 6.59. The minimum absolute atomic E-state index is 0.124. The molecule has 0 saturated carbocycles. The normalized spacial score (nSPS) is 14.7. The average molecular weight is 425 g/mol. The van der Waals surface area contributed by atoms with E-state index in [2.05, 4.69) is 32.3 Å². The average Bonchev–Trinajstić information content (AvgIpc) is 3.16. The van der Waals surface area contributed by atoms with E-state index < -0.39 is 0 Å². The largest absolute Gasteiger partial charge is 0.321 e. The second-order valence-electron chi connectivity index (χ2n) is 7.00. The van der Waals surface area contributed by atoms with E-state index in [9.17, 15) is 4.79 Å². The molecule has 7 heteroatoms. The van der Waals surface area contributed by atoms with Crippen molar-refractivity contribution in [1.29, 1.82) is 0 Å². The van der Waals surface area contributed by atoms with E-state index in [0.717, 1.165) is 35.0 Å². The maximum absolute atomic E-state index is 12.7. The fourth-order valence-corrected chi connectivity index (χ4v) is 5.18. The van der Waals surface area contributed by atoms with Gasteiger partial charge in [0.1, 0.15) is 9.88 Å². The van der Waals surface area contributed by atoms with Gasteiger partial charge in [-0.05, 0) is 43.2 Å². The number of benzene rings is 1. The standard InChI is InChI=1S/C22H24N4OS2/c1-16-20(29-22(24-16)19-4-2-3-10-23-19)21(27)25-18-7-5-17(6-8-18)9-11-26-12-14-28-15-13-26/h2-8,10H,9,11-15H2,1H3,(H,25,27). The number of pyridine rings is 1. The summed E-state index contributed by atoms with van der Waals surface area (Å²) in [5.74, 6) is 2.36. The number of aryl methyl sites for hydroxylation is 1. The van der Waals surface area contributed by atoms with Crippen molar-refractivity contribution in [3.63, 3.8) is 0 Å². The minimum Gasteiger partial charge on any atom is -0.321 e. The Labute approximate surface area is 179 Å². The summed E-state index contributed by atoms with van der Waals surface area (Å²) in [5, 5.41) is 3.76. The number of nitrogens with one attached hydrogen (secondary N) is 1. The van der Waals surface area contributed by atoms with Crippen molar-refractivity contribution in [1.82, 2.24) is 14.9 Å². The van der Waals surface area contributed by atoms with E-state index in [4.69, 9.17) is 0 Å². The molecule has 29 heavy (non-hydrogen) atoms. The number of nitrogens with zero attached hydrogens (tertiary/aromatic N) is 3. The third-order valence-electron chi connectivity index (χ3n) is 4.92. The fraction of sp³-hybridized carbons (Fsp3) is 0.318. The highest BCUT2D eigenvalue weighted by Gasteiger charge is 2.17. The molecule has 0 atom stereocenters. The second kappa shape index (κ2) is 9.52. The van der Waals surface area contributed by atoms with Crippen molar-refractivity contribution in [2.24, 2.45) is 0 Å². The third-order valence-corrected chi connectivity index (χ3v) is 7.04. The SMILES string of the molecule is Cc1nc(-c2ccccn2)sc1C(=O)Nc1ccc(CCN2CCSCC2)cc1. The van der Waals surface area contributed by atoms with Crippen LogP contribution in [0.5, 0.6) is 0 Å². The first kappa shape index (κ1) is 20.1. The van der Waals surface area contributed by atoms with Crippen molar-refractivity contribution in [2.45, 2.75) is 13.3 Å². The molecular weight excluding hydrogens is 400 g/mol. The van der Waals surface area contributed by atoms with Gasteiger partial charge < -0.3 is 10.2 Å². The summed E-state index contributed by atoms with van der Waals surface area (Å²) >= 11 is 3.41. The van der Waals surface area contributed by atoms with Gasteiger partial charge >= 0.3 is 0 Å². The molecule has 1 aliphatic rings. The van der Waals surface area contributed by atoms with Gasteiger partial charge in [-0.15, -0.1) is 11.3 Å². The predicted octanol–water partition coefficient (Wildman–Crippen LogP) is 4.36. The lowest BCUT2D eigenvalue weighted by molar-refractivity contribution is 0.103. The zero-order chi connectivity index (χ0) is 20.1. The highest BCUT2D eigenvalue weighted by molar-refractivity contribution is 7.99. The van der Waals surface area contributed by atoms with Crippen molar-refractivity contribution >= 4 is 34.7 Å². The van der Waals surface area contributed by atoms with Crippen LogP contribution in [0.4, 0.5) is 5.69 Å². The van der Waals surface area contributed by atoms with E-state index >= 15 is 0 Å². The van der Waals surface area contributed by atoms with Crippen LogP contribution in [0.2, 0.25) is 0 Å². The van der Waals surface area contributed by atoms with Crippen LogP contribution >= 0.6 is 23.1 Å². The van der Waals surface area contributed by atoms with Crippen molar-refractivity contribution in [3.8, 4) is 10.7 Å². The Bertz CT molecular complexity index is 951. The van der Waals surface area contributed by atoms with Gasteiger partial charge in [-0.1, -0.05) is 18.2 Å². The summed E-state index contributed by atoms with van der Waals surface area (Å²) in [4.78, 5) is 24.7. The lowest BCUT2D eigenvalue weighted by Gasteiger charge is -2.26. The lowest BCUT2D eigenvalue weighted by atomic mass is 10.1. The second-order valence-corrected chi connectivity index (χ2v) is 9.23. The molecule has 1 N–H and O–H groups in total. The summed E-state index contributed by atoms with van der Waals surface area (Å²) < 4.78 is 0. The Morgan fingerprint density at radius 1 is 1.14 bits per heavy atom. The molecule has 4 rings (SSSR count). The van der Waals surface area contributed by atoms with Gasteiger partial charge in [-0.3, -0.25) is 9.78 Å². The van der Waals surface area contributed by atoms with E-state index in [-0.39, 0.29) is 5.91 Å². The highest BCUT2D eigenvalue weighted by Crippen LogP contribution is 2.27. The first-order valence-electron chi connectivity index (χ1n) is 9.78. The van der Waals surface area contributed by atoms with Crippen LogP contribution in [0.15, 0.2) is 48.7 Å². The number of amides is 1. The summed E-state index contributed by atoms with van der Waals surface area (Å²) in [5.41, 5.74) is 3.62. The summed E-state index contributed by atoms with van der Waals surface area (Å²) in [7, 11) is 0. The number of anilines is 1. The van der Waals surface area contributed by atoms with Crippen LogP contribution in [0.1, 0.15) is 20.9 Å². The Balaban J connectivity index is 1.36. The van der Waals surface area contributed by atoms with Gasteiger partial charge in [0.25, 0.3) is 5.91 Å². The molecule has 2 aromatic heterocycles. The van der Waals surface area contributed by atoms with Gasteiger partial charge in [0.05, 0.1) is 11.4 Å². The van der Waals surface area contributed by atoms with E-state index in [1.807, 2.05) is 49.0 Å². The van der Waals surface area contributed by atoms with Crippen LogP contribution in [-0.4, -0.2) is 51.9 Å². The first-order chi connectivity index (χ1) is 14.2. The fourth-order valence-electron chi connectivity index (χ4n) is 3.26. The molecule has 1 aromatic carbocycles. The molecule has 1 aliphatic heterocycles. The molecule has 0 bridgehead atoms. The molecule has 0 unspecified atom stereocenters. The van der Waals surface area contributed by atoms with Crippen LogP contribution < -0.4 is 5.32 Å². The summed E-state index contributed by atoms with van der Waals surface area (Å²) in [6, 6.07) is 13.9. The topological polar surface area (TPSA) is 58.1 Å². The van der Waals surface area contributed by atoms with Gasteiger partial charge in [0.2, 0.25) is 0 Å². The number of hydrogen-bond donors (Lipinski definition) is 1. The number of carbonyl (C=O) groups is 1. The van der Waals surface area contributed by atoms with E-state index in [1.165, 1.54) is 41.5 Å². The molecule has 1 amide bonds. The third kappa shape index (κ3) is 5.23.